The van der Waals surface area contributed by atoms with Crippen LogP contribution in [0, 0.1) is 5.82 Å². The highest BCUT2D eigenvalue weighted by molar-refractivity contribution is 5.76. The van der Waals surface area contributed by atoms with E-state index in [0.717, 1.165) is 11.1 Å². The number of hydrogen-bond donors (Lipinski definition) is 2. The molecule has 4 rings (SSSR count). The molecule has 1 aromatic carbocycles. The summed E-state index contributed by atoms with van der Waals surface area (Å²) < 4.78 is 24.6. The monoisotopic (exact) mass is 353 g/mol. The van der Waals surface area contributed by atoms with E-state index in [2.05, 4.69) is 26.5 Å². The van der Waals surface area contributed by atoms with E-state index in [1.54, 1.807) is 24.4 Å². The van der Waals surface area contributed by atoms with Gasteiger partial charge in [0.15, 0.2) is 5.82 Å². The highest BCUT2D eigenvalue weighted by Crippen LogP contribution is 2.32. The minimum atomic E-state index is -0.646. The molecule has 8 heteroatoms. The predicted octanol–water partition coefficient (Wildman–Crippen LogP) is 2.86. The summed E-state index contributed by atoms with van der Waals surface area (Å²) in [5.74, 6) is 0.309. The lowest BCUT2D eigenvalue weighted by molar-refractivity contribution is -0.165. The topological polar surface area (TPSA) is 98.9 Å². The Morgan fingerprint density at radius 3 is 2.54 bits per heavy atom. The van der Waals surface area contributed by atoms with E-state index < -0.39 is 6.29 Å². The number of nitrogens with zero attached hydrogens (tertiary/aromatic N) is 3. The molecule has 0 spiro atoms. The van der Waals surface area contributed by atoms with Crippen LogP contribution < -0.4 is 5.73 Å². The Kier molecular flexibility index (Phi) is 4.19. The summed E-state index contributed by atoms with van der Waals surface area (Å²) in [4.78, 5) is 15.9. The van der Waals surface area contributed by atoms with Crippen LogP contribution in [0.5, 0.6) is 0 Å². The first-order chi connectivity index (χ1) is 12.6. The lowest BCUT2D eigenvalue weighted by Gasteiger charge is -2.22. The zero-order chi connectivity index (χ0) is 18.1. The number of hydrogen-bond acceptors (Lipinski definition) is 6. The molecule has 132 valence electrons. The largest absolute Gasteiger partial charge is 0.368 e. The highest BCUT2D eigenvalue weighted by atomic mass is 19.1. The number of anilines is 1. The van der Waals surface area contributed by atoms with Gasteiger partial charge in [0.25, 0.3) is 0 Å². The second kappa shape index (κ2) is 6.66. The van der Waals surface area contributed by atoms with Crippen molar-refractivity contribution in [1.29, 1.82) is 0 Å². The summed E-state index contributed by atoms with van der Waals surface area (Å²) in [6, 6.07) is 7.76. The number of imidazole rings is 1. The minimum absolute atomic E-state index is 0.144. The molecule has 7 nitrogen and oxygen atoms in total. The van der Waals surface area contributed by atoms with E-state index in [4.69, 9.17) is 15.2 Å². The Bertz CT molecular complexity index is 944. The number of rotatable bonds is 3. The number of aromatic nitrogens is 4. The fourth-order valence-corrected chi connectivity index (χ4v) is 2.65. The van der Waals surface area contributed by atoms with Crippen molar-refractivity contribution in [2.75, 3.05) is 18.9 Å². The van der Waals surface area contributed by atoms with Gasteiger partial charge in [0.1, 0.15) is 5.82 Å². The van der Waals surface area contributed by atoms with Gasteiger partial charge in [-0.3, -0.25) is 0 Å². The molecule has 0 bridgehead atoms. The fraction of sp³-hybridized carbons (Fsp3) is 0.167. The molecule has 3 heterocycles. The third-order valence-electron chi connectivity index (χ3n) is 3.87. The molecule has 0 atom stereocenters. The van der Waals surface area contributed by atoms with Crippen LogP contribution in [0.3, 0.4) is 0 Å². The van der Waals surface area contributed by atoms with Gasteiger partial charge in [0, 0.05) is 11.8 Å². The van der Waals surface area contributed by atoms with Gasteiger partial charge in [-0.2, -0.15) is 0 Å². The first-order valence-corrected chi connectivity index (χ1v) is 7.95. The van der Waals surface area contributed by atoms with Crippen molar-refractivity contribution in [2.24, 2.45) is 0 Å². The molecule has 1 fully saturated rings. The first kappa shape index (κ1) is 16.4. The van der Waals surface area contributed by atoms with Gasteiger partial charge in [-0.25, -0.2) is 19.3 Å². The second-order valence-electron chi connectivity index (χ2n) is 5.86. The smallest absolute Gasteiger partial charge is 0.220 e. The molecule has 0 saturated carbocycles. The second-order valence-corrected chi connectivity index (χ2v) is 5.86. The number of ether oxygens (including phenoxy) is 2. The van der Waals surface area contributed by atoms with Crippen LogP contribution >= 0.6 is 0 Å². The molecule has 2 aromatic heterocycles. The molecule has 1 saturated heterocycles. The van der Waals surface area contributed by atoms with E-state index in [1.807, 2.05) is 0 Å². The molecule has 3 aromatic rings. The normalized spacial score (nSPS) is 15.3. The van der Waals surface area contributed by atoms with Crippen LogP contribution in [0.1, 0.15) is 12.1 Å². The van der Waals surface area contributed by atoms with Crippen molar-refractivity contribution in [3.05, 3.63) is 60.3 Å². The minimum Gasteiger partial charge on any atom is -0.368 e. The fourth-order valence-electron chi connectivity index (χ4n) is 2.65. The van der Waals surface area contributed by atoms with Gasteiger partial charge < -0.3 is 20.2 Å². The van der Waals surface area contributed by atoms with Gasteiger partial charge in [0.2, 0.25) is 12.2 Å². The van der Waals surface area contributed by atoms with Crippen LogP contribution in [-0.2, 0) is 9.47 Å². The maximum atomic E-state index is 13.3. The Morgan fingerprint density at radius 2 is 1.85 bits per heavy atom. The maximum absolute atomic E-state index is 13.3. The van der Waals surface area contributed by atoms with Crippen molar-refractivity contribution in [1.82, 2.24) is 19.9 Å². The third-order valence-corrected chi connectivity index (χ3v) is 3.87. The van der Waals surface area contributed by atoms with Gasteiger partial charge in [-0.05, 0) is 35.9 Å². The van der Waals surface area contributed by atoms with E-state index in [0.29, 0.717) is 36.1 Å². The zero-order valence-electron chi connectivity index (χ0n) is 13.8. The number of nitrogens with one attached hydrogen (secondary N) is 1. The number of nitrogens with two attached hydrogens (primary N) is 1. The molecule has 0 radical (unpaired) electrons. The molecule has 1 aliphatic heterocycles. The first-order valence-electron chi connectivity index (χ1n) is 7.95. The number of aromatic amines is 1. The number of benzene rings is 1. The molecule has 26 heavy (non-hydrogen) atoms. The molecule has 1 aliphatic rings. The predicted molar refractivity (Wildman–Crippen MR) is 93.2 cm³/mol. The lowest BCUT2D eigenvalue weighted by Crippen LogP contribution is -2.20. The molecular weight excluding hydrogens is 337 g/mol. The van der Waals surface area contributed by atoms with Crippen LogP contribution in [0.15, 0.2) is 48.7 Å². The Hall–Kier alpha value is -3.10. The van der Waals surface area contributed by atoms with E-state index in [-0.39, 0.29) is 11.8 Å². The van der Waals surface area contributed by atoms with E-state index in [9.17, 15) is 4.39 Å². The van der Waals surface area contributed by atoms with Gasteiger partial charge in [-0.1, -0.05) is 6.58 Å². The summed E-state index contributed by atoms with van der Waals surface area (Å²) in [5, 5.41) is 0. The summed E-state index contributed by atoms with van der Waals surface area (Å²) >= 11 is 0. The Balaban J connectivity index is 1.80. The van der Waals surface area contributed by atoms with Gasteiger partial charge >= 0.3 is 0 Å². The third kappa shape index (κ3) is 3.19. The van der Waals surface area contributed by atoms with Crippen molar-refractivity contribution >= 4 is 5.95 Å². The average molecular weight is 353 g/mol. The van der Waals surface area contributed by atoms with Crippen LogP contribution in [0.25, 0.3) is 22.6 Å². The summed E-state index contributed by atoms with van der Waals surface area (Å²) in [5.41, 5.74) is 9.06. The van der Waals surface area contributed by atoms with Crippen molar-refractivity contribution < 1.29 is 13.9 Å². The number of H-pyrrole nitrogens is 1. The molecule has 3 N–H and O–H groups in total. The van der Waals surface area contributed by atoms with Crippen molar-refractivity contribution in [2.45, 2.75) is 6.29 Å². The molecule has 0 amide bonds. The van der Waals surface area contributed by atoms with Crippen molar-refractivity contribution in [3.63, 3.8) is 0 Å². The van der Waals surface area contributed by atoms with Gasteiger partial charge in [-0.15, -0.1) is 0 Å². The van der Waals surface area contributed by atoms with Crippen LogP contribution in [0.4, 0.5) is 10.3 Å². The van der Waals surface area contributed by atoms with Crippen LogP contribution in [0.2, 0.25) is 0 Å². The average Bonchev–Trinajstić information content (AvgIpc) is 3.08. The standard InChI is InChI=1S/C18H16FN5O2/c1-10-8-25-17(26-9-10)16-23-14(11-2-4-12(19)5-3-11)15(24-16)13-6-7-21-18(20)22-13/h2-7,17H,1,8-9H2,(H,23,24)(H2,20,21,22). The highest BCUT2D eigenvalue weighted by Gasteiger charge is 2.25. The van der Waals surface area contributed by atoms with Crippen molar-refractivity contribution in [3.8, 4) is 22.6 Å². The molecule has 0 aliphatic carbocycles. The number of nitrogen functional groups attached to an aromatic ring is 1. The molecular formula is C18H16FN5O2. The SMILES string of the molecule is C=C1COC(c2nc(-c3ccc(F)cc3)c(-c3ccnc(N)n3)[nH]2)OC1. The maximum Gasteiger partial charge on any atom is 0.220 e. The van der Waals surface area contributed by atoms with Crippen LogP contribution in [-0.4, -0.2) is 33.1 Å². The quantitative estimate of drug-likeness (QED) is 0.703. The molecule has 0 unspecified atom stereocenters. The van der Waals surface area contributed by atoms with Gasteiger partial charge in [0.05, 0.1) is 30.3 Å². The number of halogens is 1. The van der Waals surface area contributed by atoms with E-state index >= 15 is 0 Å². The summed E-state index contributed by atoms with van der Waals surface area (Å²) in [7, 11) is 0. The van der Waals surface area contributed by atoms with E-state index in [1.165, 1.54) is 12.1 Å². The zero-order valence-corrected chi connectivity index (χ0v) is 13.8. The summed E-state index contributed by atoms with van der Waals surface area (Å²) in [6.07, 6.45) is 0.914. The summed E-state index contributed by atoms with van der Waals surface area (Å²) in [6.45, 7) is 4.62. The lowest BCUT2D eigenvalue weighted by atomic mass is 10.1. The Morgan fingerprint density at radius 1 is 1.12 bits per heavy atom. The Labute approximate surface area is 148 Å².